The SMILES string of the molecule is CNc1ccc2c(c1)CCC(=O)N2CCC(=O)O. The topological polar surface area (TPSA) is 69.6 Å². The molecule has 2 rings (SSSR count). The van der Waals surface area contributed by atoms with Gasteiger partial charge < -0.3 is 15.3 Å². The molecule has 5 nitrogen and oxygen atoms in total. The van der Waals surface area contributed by atoms with Crippen LogP contribution in [0.3, 0.4) is 0 Å². The first-order chi connectivity index (χ1) is 8.61. The maximum Gasteiger partial charge on any atom is 0.305 e. The lowest BCUT2D eigenvalue weighted by atomic mass is 10.00. The largest absolute Gasteiger partial charge is 0.481 e. The molecule has 1 aliphatic rings. The Morgan fingerprint density at radius 2 is 2.22 bits per heavy atom. The van der Waals surface area contributed by atoms with Crippen LogP contribution in [0.2, 0.25) is 0 Å². The first-order valence-electron chi connectivity index (χ1n) is 5.94. The molecule has 0 radical (unpaired) electrons. The molecule has 18 heavy (non-hydrogen) atoms. The minimum absolute atomic E-state index is 0.000887. The molecule has 1 aromatic carbocycles. The summed E-state index contributed by atoms with van der Waals surface area (Å²) in [6.07, 6.45) is 1.13. The number of benzene rings is 1. The van der Waals surface area contributed by atoms with Crippen LogP contribution in [0.1, 0.15) is 18.4 Å². The number of amides is 1. The highest BCUT2D eigenvalue weighted by atomic mass is 16.4. The van der Waals surface area contributed by atoms with Gasteiger partial charge in [0.2, 0.25) is 5.91 Å². The molecule has 0 unspecified atom stereocenters. The molecular formula is C13H16N2O3. The van der Waals surface area contributed by atoms with Crippen LogP contribution < -0.4 is 10.2 Å². The number of aliphatic carboxylic acids is 1. The summed E-state index contributed by atoms with van der Waals surface area (Å²) in [4.78, 5) is 24.0. The summed E-state index contributed by atoms with van der Waals surface area (Å²) < 4.78 is 0. The number of carboxylic acids is 1. The van der Waals surface area contributed by atoms with Crippen molar-refractivity contribution in [2.24, 2.45) is 0 Å². The smallest absolute Gasteiger partial charge is 0.305 e. The van der Waals surface area contributed by atoms with E-state index in [4.69, 9.17) is 5.11 Å². The molecule has 0 saturated heterocycles. The van der Waals surface area contributed by atoms with Crippen molar-refractivity contribution < 1.29 is 14.7 Å². The van der Waals surface area contributed by atoms with E-state index < -0.39 is 5.97 Å². The maximum atomic E-state index is 11.8. The van der Waals surface area contributed by atoms with Gasteiger partial charge in [-0.25, -0.2) is 0 Å². The predicted octanol–water partition coefficient (Wildman–Crippen LogP) is 1.48. The molecule has 2 N–H and O–H groups in total. The molecule has 0 bridgehead atoms. The molecular weight excluding hydrogens is 232 g/mol. The van der Waals surface area contributed by atoms with E-state index in [9.17, 15) is 9.59 Å². The molecule has 96 valence electrons. The van der Waals surface area contributed by atoms with Crippen LogP contribution in [-0.4, -0.2) is 30.6 Å². The Bertz CT molecular complexity index is 485. The number of hydrogen-bond donors (Lipinski definition) is 2. The monoisotopic (exact) mass is 248 g/mol. The van der Waals surface area contributed by atoms with Crippen LogP contribution in [0.25, 0.3) is 0 Å². The summed E-state index contributed by atoms with van der Waals surface area (Å²) in [7, 11) is 1.85. The zero-order valence-electron chi connectivity index (χ0n) is 10.3. The van der Waals surface area contributed by atoms with E-state index >= 15 is 0 Å². The number of aryl methyl sites for hydroxylation is 1. The van der Waals surface area contributed by atoms with Gasteiger partial charge in [-0.2, -0.15) is 0 Å². The number of nitrogens with zero attached hydrogens (tertiary/aromatic N) is 1. The second kappa shape index (κ2) is 5.08. The zero-order valence-corrected chi connectivity index (χ0v) is 10.3. The van der Waals surface area contributed by atoms with E-state index in [2.05, 4.69) is 5.32 Å². The third-order valence-electron chi connectivity index (χ3n) is 3.12. The van der Waals surface area contributed by atoms with Crippen molar-refractivity contribution >= 4 is 23.3 Å². The highest BCUT2D eigenvalue weighted by Crippen LogP contribution is 2.30. The van der Waals surface area contributed by atoms with Crippen molar-refractivity contribution in [1.29, 1.82) is 0 Å². The van der Waals surface area contributed by atoms with Crippen molar-refractivity contribution in [2.75, 3.05) is 23.8 Å². The van der Waals surface area contributed by atoms with Crippen molar-refractivity contribution in [3.8, 4) is 0 Å². The second-order valence-corrected chi connectivity index (χ2v) is 4.28. The molecule has 0 spiro atoms. The Labute approximate surface area is 105 Å². The third-order valence-corrected chi connectivity index (χ3v) is 3.12. The first-order valence-corrected chi connectivity index (χ1v) is 5.94. The number of anilines is 2. The van der Waals surface area contributed by atoms with Crippen LogP contribution in [-0.2, 0) is 16.0 Å². The van der Waals surface area contributed by atoms with Gasteiger partial charge in [-0.1, -0.05) is 0 Å². The van der Waals surface area contributed by atoms with E-state index in [0.29, 0.717) is 12.8 Å². The van der Waals surface area contributed by atoms with Crippen LogP contribution in [0.4, 0.5) is 11.4 Å². The average Bonchev–Trinajstić information content (AvgIpc) is 2.36. The average molecular weight is 248 g/mol. The quantitative estimate of drug-likeness (QED) is 0.846. The number of carbonyl (C=O) groups is 2. The zero-order chi connectivity index (χ0) is 13.1. The Morgan fingerprint density at radius 1 is 1.44 bits per heavy atom. The van der Waals surface area contributed by atoms with Gasteiger partial charge >= 0.3 is 5.97 Å². The summed E-state index contributed by atoms with van der Waals surface area (Å²) in [6, 6.07) is 5.78. The molecule has 0 fully saturated rings. The molecule has 1 amide bonds. The second-order valence-electron chi connectivity index (χ2n) is 4.28. The number of carbonyl (C=O) groups excluding carboxylic acids is 1. The van der Waals surface area contributed by atoms with Gasteiger partial charge in [-0.15, -0.1) is 0 Å². The Balaban J connectivity index is 2.26. The molecule has 0 aliphatic carbocycles. The third kappa shape index (κ3) is 2.45. The van der Waals surface area contributed by atoms with Gasteiger partial charge in [0.25, 0.3) is 0 Å². The summed E-state index contributed by atoms with van der Waals surface area (Å²) in [5, 5.41) is 11.8. The fourth-order valence-corrected chi connectivity index (χ4v) is 2.17. The van der Waals surface area contributed by atoms with Gasteiger partial charge in [0.05, 0.1) is 6.42 Å². The number of nitrogens with one attached hydrogen (secondary N) is 1. The molecule has 1 heterocycles. The summed E-state index contributed by atoms with van der Waals surface area (Å²) in [5.74, 6) is -0.886. The minimum atomic E-state index is -0.887. The number of carboxylic acid groups (broad SMARTS) is 1. The highest BCUT2D eigenvalue weighted by molar-refractivity contribution is 5.97. The van der Waals surface area contributed by atoms with Crippen molar-refractivity contribution in [3.63, 3.8) is 0 Å². The maximum absolute atomic E-state index is 11.8. The Kier molecular flexibility index (Phi) is 3.50. The summed E-state index contributed by atoms with van der Waals surface area (Å²) in [6.45, 7) is 0.236. The normalized spacial score (nSPS) is 14.3. The van der Waals surface area contributed by atoms with E-state index in [1.165, 1.54) is 0 Å². The molecule has 0 atom stereocenters. The van der Waals surface area contributed by atoms with Gasteiger partial charge in [-0.3, -0.25) is 9.59 Å². The molecule has 0 saturated carbocycles. The van der Waals surface area contributed by atoms with Gasteiger partial charge in [0, 0.05) is 31.4 Å². The Hall–Kier alpha value is -2.04. The van der Waals surface area contributed by atoms with E-state index in [-0.39, 0.29) is 18.9 Å². The lowest BCUT2D eigenvalue weighted by Crippen LogP contribution is -2.36. The van der Waals surface area contributed by atoms with Crippen LogP contribution in [0.5, 0.6) is 0 Å². The minimum Gasteiger partial charge on any atom is -0.481 e. The number of hydrogen-bond acceptors (Lipinski definition) is 3. The van der Waals surface area contributed by atoms with Gasteiger partial charge in [-0.05, 0) is 30.2 Å². The first kappa shape index (κ1) is 12.4. The standard InChI is InChI=1S/C13H16N2O3/c1-14-10-3-4-11-9(8-10)2-5-12(16)15(11)7-6-13(17)18/h3-4,8,14H,2,5-7H2,1H3,(H,17,18). The number of rotatable bonds is 4. The number of fused-ring (bicyclic) bond motifs is 1. The molecule has 5 heteroatoms. The van der Waals surface area contributed by atoms with Crippen LogP contribution in [0, 0.1) is 0 Å². The van der Waals surface area contributed by atoms with Crippen LogP contribution in [0.15, 0.2) is 18.2 Å². The van der Waals surface area contributed by atoms with E-state index in [1.54, 1.807) is 4.90 Å². The lowest BCUT2D eigenvalue weighted by Gasteiger charge is -2.29. The van der Waals surface area contributed by atoms with Gasteiger partial charge in [0.15, 0.2) is 0 Å². The van der Waals surface area contributed by atoms with Crippen molar-refractivity contribution in [1.82, 2.24) is 0 Å². The summed E-state index contributed by atoms with van der Waals surface area (Å²) >= 11 is 0. The van der Waals surface area contributed by atoms with Crippen molar-refractivity contribution in [2.45, 2.75) is 19.3 Å². The molecule has 1 aliphatic heterocycles. The molecule has 1 aromatic rings. The highest BCUT2D eigenvalue weighted by Gasteiger charge is 2.24. The molecule has 0 aromatic heterocycles. The van der Waals surface area contributed by atoms with E-state index in [0.717, 1.165) is 16.9 Å². The summed E-state index contributed by atoms with van der Waals surface area (Å²) in [5.41, 5.74) is 2.93. The Morgan fingerprint density at radius 3 is 2.89 bits per heavy atom. The van der Waals surface area contributed by atoms with Crippen LogP contribution >= 0.6 is 0 Å². The van der Waals surface area contributed by atoms with E-state index in [1.807, 2.05) is 25.2 Å². The van der Waals surface area contributed by atoms with Crippen molar-refractivity contribution in [3.05, 3.63) is 23.8 Å². The fraction of sp³-hybridized carbons (Fsp3) is 0.385. The predicted molar refractivity (Wildman–Crippen MR) is 68.9 cm³/mol. The van der Waals surface area contributed by atoms with Gasteiger partial charge in [0.1, 0.15) is 0 Å². The fourth-order valence-electron chi connectivity index (χ4n) is 2.17. The lowest BCUT2D eigenvalue weighted by molar-refractivity contribution is -0.136.